The normalized spacial score (nSPS) is 20.7. The molecule has 88 valence electrons. The van der Waals surface area contributed by atoms with Gasteiger partial charge in [0.1, 0.15) is 5.82 Å². The molecule has 16 heavy (non-hydrogen) atoms. The lowest BCUT2D eigenvalue weighted by atomic mass is 9.75. The van der Waals surface area contributed by atoms with Crippen LogP contribution in [0.25, 0.3) is 0 Å². The Labute approximate surface area is 97.1 Å². The van der Waals surface area contributed by atoms with Crippen LogP contribution in [-0.4, -0.2) is 6.04 Å². The third-order valence-electron chi connectivity index (χ3n) is 3.55. The number of nitrogens with one attached hydrogen (secondary N) is 1. The highest BCUT2D eigenvalue weighted by molar-refractivity contribution is 5.43. The van der Waals surface area contributed by atoms with Crippen molar-refractivity contribution in [2.45, 2.75) is 45.6 Å². The summed E-state index contributed by atoms with van der Waals surface area (Å²) in [7, 11) is 0. The number of anilines is 1. The van der Waals surface area contributed by atoms with Gasteiger partial charge in [-0.2, -0.15) is 0 Å². The number of halogens is 1. The molecule has 1 aliphatic carbocycles. The summed E-state index contributed by atoms with van der Waals surface area (Å²) < 4.78 is 12.7. The molecule has 0 spiro atoms. The molecule has 0 bridgehead atoms. The fourth-order valence-electron chi connectivity index (χ4n) is 2.33. The first kappa shape index (κ1) is 11.4. The third-order valence-corrected chi connectivity index (χ3v) is 3.55. The lowest BCUT2D eigenvalue weighted by Gasteiger charge is -2.35. The molecular weight excluding hydrogens is 201 g/mol. The summed E-state index contributed by atoms with van der Waals surface area (Å²) in [5, 5.41) is 3.48. The van der Waals surface area contributed by atoms with E-state index in [-0.39, 0.29) is 5.82 Å². The average molecular weight is 221 g/mol. The molecule has 1 N–H and O–H groups in total. The van der Waals surface area contributed by atoms with Crippen LogP contribution in [-0.2, 0) is 0 Å². The van der Waals surface area contributed by atoms with Crippen molar-refractivity contribution in [1.82, 2.24) is 0 Å². The molecule has 1 fully saturated rings. The summed E-state index contributed by atoms with van der Waals surface area (Å²) in [6.45, 7) is 4.67. The van der Waals surface area contributed by atoms with E-state index in [1.54, 1.807) is 0 Å². The van der Waals surface area contributed by atoms with Gasteiger partial charge in [-0.15, -0.1) is 0 Å². The molecule has 1 aromatic rings. The molecule has 1 aromatic carbocycles. The van der Waals surface area contributed by atoms with E-state index < -0.39 is 0 Å². The van der Waals surface area contributed by atoms with Gasteiger partial charge in [0.2, 0.25) is 0 Å². The zero-order valence-corrected chi connectivity index (χ0v) is 10.1. The van der Waals surface area contributed by atoms with Gasteiger partial charge >= 0.3 is 0 Å². The molecule has 0 radical (unpaired) electrons. The fourth-order valence-corrected chi connectivity index (χ4v) is 2.33. The molecule has 0 unspecified atom stereocenters. The maximum absolute atomic E-state index is 12.7. The maximum atomic E-state index is 12.7. The van der Waals surface area contributed by atoms with Crippen LogP contribution in [0.1, 0.15) is 39.5 Å². The van der Waals surface area contributed by atoms with Gasteiger partial charge in [0.25, 0.3) is 0 Å². The average Bonchev–Trinajstić information content (AvgIpc) is 2.24. The van der Waals surface area contributed by atoms with E-state index in [4.69, 9.17) is 0 Å². The predicted molar refractivity (Wildman–Crippen MR) is 66.1 cm³/mol. The van der Waals surface area contributed by atoms with Crippen molar-refractivity contribution in [2.75, 3.05) is 5.32 Å². The summed E-state index contributed by atoms with van der Waals surface area (Å²) in [5.74, 6) is -0.171. The van der Waals surface area contributed by atoms with E-state index in [2.05, 4.69) is 19.2 Å². The summed E-state index contributed by atoms with van der Waals surface area (Å²) in [6, 6.07) is 7.20. The third kappa shape index (κ3) is 2.97. The molecule has 2 rings (SSSR count). The van der Waals surface area contributed by atoms with E-state index in [0.717, 1.165) is 5.69 Å². The van der Waals surface area contributed by atoms with Crippen LogP contribution in [0.5, 0.6) is 0 Å². The van der Waals surface area contributed by atoms with E-state index in [1.807, 2.05) is 12.1 Å². The van der Waals surface area contributed by atoms with Gasteiger partial charge < -0.3 is 5.32 Å². The Morgan fingerprint density at radius 1 is 1.12 bits per heavy atom. The van der Waals surface area contributed by atoms with Gasteiger partial charge in [0.05, 0.1) is 0 Å². The van der Waals surface area contributed by atoms with Crippen molar-refractivity contribution in [3.63, 3.8) is 0 Å². The quantitative estimate of drug-likeness (QED) is 0.789. The van der Waals surface area contributed by atoms with Crippen LogP contribution in [0.2, 0.25) is 0 Å². The Bertz CT molecular complexity index is 332. The fraction of sp³-hybridized carbons (Fsp3) is 0.571. The summed E-state index contributed by atoms with van der Waals surface area (Å²) >= 11 is 0. The molecule has 0 aromatic heterocycles. The number of benzene rings is 1. The summed E-state index contributed by atoms with van der Waals surface area (Å²) in [6.07, 6.45) is 4.96. The smallest absolute Gasteiger partial charge is 0.123 e. The maximum Gasteiger partial charge on any atom is 0.123 e. The van der Waals surface area contributed by atoms with Gasteiger partial charge in [-0.1, -0.05) is 13.8 Å². The molecule has 1 nitrogen and oxygen atoms in total. The van der Waals surface area contributed by atoms with Crippen LogP contribution in [0.3, 0.4) is 0 Å². The van der Waals surface area contributed by atoms with Crippen molar-refractivity contribution in [1.29, 1.82) is 0 Å². The van der Waals surface area contributed by atoms with E-state index in [9.17, 15) is 4.39 Å². The molecule has 0 aliphatic heterocycles. The van der Waals surface area contributed by atoms with Crippen LogP contribution < -0.4 is 5.32 Å². The number of rotatable bonds is 2. The Morgan fingerprint density at radius 3 is 2.25 bits per heavy atom. The first-order valence-corrected chi connectivity index (χ1v) is 6.07. The molecule has 2 heteroatoms. The van der Waals surface area contributed by atoms with E-state index in [0.29, 0.717) is 11.5 Å². The first-order valence-electron chi connectivity index (χ1n) is 6.07. The van der Waals surface area contributed by atoms with Crippen molar-refractivity contribution in [3.8, 4) is 0 Å². The molecular formula is C14H20FN. The molecule has 0 saturated heterocycles. The van der Waals surface area contributed by atoms with Crippen LogP contribution in [0, 0.1) is 11.2 Å². The second kappa shape index (κ2) is 4.44. The zero-order valence-electron chi connectivity index (χ0n) is 10.1. The minimum absolute atomic E-state index is 0.171. The second-order valence-corrected chi connectivity index (χ2v) is 5.59. The Morgan fingerprint density at radius 2 is 1.69 bits per heavy atom. The van der Waals surface area contributed by atoms with Crippen molar-refractivity contribution in [2.24, 2.45) is 5.41 Å². The van der Waals surface area contributed by atoms with Gasteiger partial charge in [-0.25, -0.2) is 4.39 Å². The predicted octanol–water partition coefficient (Wildman–Crippen LogP) is 4.21. The van der Waals surface area contributed by atoms with Gasteiger partial charge in [0, 0.05) is 11.7 Å². The van der Waals surface area contributed by atoms with Crippen LogP contribution in [0.4, 0.5) is 10.1 Å². The van der Waals surface area contributed by atoms with E-state index >= 15 is 0 Å². The van der Waals surface area contributed by atoms with Crippen molar-refractivity contribution in [3.05, 3.63) is 30.1 Å². The molecule has 1 aliphatic rings. The number of hydrogen-bond acceptors (Lipinski definition) is 1. The second-order valence-electron chi connectivity index (χ2n) is 5.59. The first-order chi connectivity index (χ1) is 7.55. The standard InChI is InChI=1S/C14H20FN/c1-14(2)9-7-13(8-10-14)16-12-5-3-11(15)4-6-12/h3-6,13,16H,7-10H2,1-2H3. The minimum Gasteiger partial charge on any atom is -0.382 e. The monoisotopic (exact) mass is 221 g/mol. The van der Waals surface area contributed by atoms with Crippen molar-refractivity contribution >= 4 is 5.69 Å². The van der Waals surface area contributed by atoms with Gasteiger partial charge in [0.15, 0.2) is 0 Å². The summed E-state index contributed by atoms with van der Waals surface area (Å²) in [5.41, 5.74) is 1.53. The lowest BCUT2D eigenvalue weighted by molar-refractivity contribution is 0.232. The minimum atomic E-state index is -0.171. The van der Waals surface area contributed by atoms with Crippen molar-refractivity contribution < 1.29 is 4.39 Å². The van der Waals surface area contributed by atoms with Gasteiger partial charge in [-0.3, -0.25) is 0 Å². The molecule has 0 heterocycles. The van der Waals surface area contributed by atoms with Gasteiger partial charge in [-0.05, 0) is 55.4 Å². The molecule has 0 atom stereocenters. The van der Waals surface area contributed by atoms with E-state index in [1.165, 1.54) is 37.8 Å². The summed E-state index contributed by atoms with van der Waals surface area (Å²) in [4.78, 5) is 0. The Balaban J connectivity index is 1.89. The van der Waals surface area contributed by atoms with Crippen LogP contribution in [0.15, 0.2) is 24.3 Å². The molecule has 1 saturated carbocycles. The molecule has 0 amide bonds. The Hall–Kier alpha value is -1.05. The van der Waals surface area contributed by atoms with Crippen LogP contribution >= 0.6 is 0 Å². The number of hydrogen-bond donors (Lipinski definition) is 1. The highest BCUT2D eigenvalue weighted by Crippen LogP contribution is 2.36. The highest BCUT2D eigenvalue weighted by Gasteiger charge is 2.26. The SMILES string of the molecule is CC1(C)CCC(Nc2ccc(F)cc2)CC1. The topological polar surface area (TPSA) is 12.0 Å². The highest BCUT2D eigenvalue weighted by atomic mass is 19.1. The zero-order chi connectivity index (χ0) is 11.6. The largest absolute Gasteiger partial charge is 0.382 e. The lowest BCUT2D eigenvalue weighted by Crippen LogP contribution is -2.29. The Kier molecular flexibility index (Phi) is 3.17.